The van der Waals surface area contributed by atoms with Crippen LogP contribution in [0.4, 0.5) is 17.3 Å². The quantitative estimate of drug-likeness (QED) is 0.871. The van der Waals surface area contributed by atoms with Crippen LogP contribution in [-0.2, 0) is 0 Å². The predicted molar refractivity (Wildman–Crippen MR) is 80.6 cm³/mol. The second-order valence-electron chi connectivity index (χ2n) is 4.26. The van der Waals surface area contributed by atoms with Gasteiger partial charge < -0.3 is 25.3 Å². The molecule has 21 heavy (non-hydrogen) atoms. The maximum absolute atomic E-state index is 5.71. The Morgan fingerprint density at radius 1 is 0.952 bits per heavy atom. The molecule has 0 aliphatic heterocycles. The van der Waals surface area contributed by atoms with Crippen LogP contribution in [0.15, 0.2) is 18.2 Å². The van der Waals surface area contributed by atoms with Gasteiger partial charge in [0.1, 0.15) is 17.5 Å². The van der Waals surface area contributed by atoms with Crippen molar-refractivity contribution in [2.75, 3.05) is 32.4 Å². The molecule has 0 saturated heterocycles. The fraction of sp³-hybridized carbons (Fsp3) is 0.286. The Bertz CT molecular complexity index is 601. The fourth-order valence-electron chi connectivity index (χ4n) is 1.96. The van der Waals surface area contributed by atoms with Crippen molar-refractivity contribution in [3.05, 3.63) is 24.0 Å². The van der Waals surface area contributed by atoms with Crippen LogP contribution in [0, 0.1) is 6.92 Å². The van der Waals surface area contributed by atoms with Gasteiger partial charge in [0.05, 0.1) is 21.3 Å². The highest BCUT2D eigenvalue weighted by atomic mass is 16.5. The molecule has 0 fully saturated rings. The number of anilines is 3. The smallest absolute Gasteiger partial charge is 0.203 e. The average molecular weight is 290 g/mol. The van der Waals surface area contributed by atoms with Crippen molar-refractivity contribution in [2.45, 2.75) is 6.92 Å². The maximum Gasteiger partial charge on any atom is 0.203 e. The lowest BCUT2D eigenvalue weighted by Crippen LogP contribution is -2.02. The van der Waals surface area contributed by atoms with Crippen LogP contribution in [-0.4, -0.2) is 31.3 Å². The molecule has 0 amide bonds. The Hall–Kier alpha value is -2.70. The lowest BCUT2D eigenvalue weighted by Gasteiger charge is -2.15. The van der Waals surface area contributed by atoms with Crippen molar-refractivity contribution in [3.63, 3.8) is 0 Å². The molecule has 3 N–H and O–H groups in total. The molecule has 1 heterocycles. The van der Waals surface area contributed by atoms with Gasteiger partial charge in [-0.15, -0.1) is 0 Å². The molecule has 1 aromatic carbocycles. The molecule has 0 unspecified atom stereocenters. The number of ether oxygens (including phenoxy) is 3. The second kappa shape index (κ2) is 6.17. The van der Waals surface area contributed by atoms with Gasteiger partial charge in [0.2, 0.25) is 5.75 Å². The van der Waals surface area contributed by atoms with Gasteiger partial charge in [0.15, 0.2) is 11.5 Å². The van der Waals surface area contributed by atoms with Crippen molar-refractivity contribution in [1.82, 2.24) is 9.97 Å². The lowest BCUT2D eigenvalue weighted by molar-refractivity contribution is 0.324. The minimum atomic E-state index is 0.400. The van der Waals surface area contributed by atoms with Crippen molar-refractivity contribution in [3.8, 4) is 17.2 Å². The van der Waals surface area contributed by atoms with Crippen LogP contribution in [0.1, 0.15) is 5.82 Å². The largest absolute Gasteiger partial charge is 0.493 e. The van der Waals surface area contributed by atoms with E-state index in [-0.39, 0.29) is 0 Å². The van der Waals surface area contributed by atoms with E-state index in [0.29, 0.717) is 34.7 Å². The highest BCUT2D eigenvalue weighted by Gasteiger charge is 2.13. The number of nitrogens with one attached hydrogen (secondary N) is 1. The van der Waals surface area contributed by atoms with Gasteiger partial charge in [0.25, 0.3) is 0 Å². The third kappa shape index (κ3) is 3.25. The number of hydrogen-bond acceptors (Lipinski definition) is 7. The fourth-order valence-corrected chi connectivity index (χ4v) is 1.96. The molecule has 0 aliphatic rings. The number of aryl methyl sites for hydroxylation is 1. The number of methoxy groups -OCH3 is 3. The topological polar surface area (TPSA) is 91.5 Å². The van der Waals surface area contributed by atoms with E-state index in [0.717, 1.165) is 5.69 Å². The Morgan fingerprint density at radius 2 is 1.57 bits per heavy atom. The first-order valence-electron chi connectivity index (χ1n) is 6.25. The minimum Gasteiger partial charge on any atom is -0.493 e. The van der Waals surface area contributed by atoms with Crippen molar-refractivity contribution in [2.24, 2.45) is 0 Å². The highest BCUT2D eigenvalue weighted by Crippen LogP contribution is 2.40. The number of nitrogen functional groups attached to an aromatic ring is 1. The molecular formula is C14H18N4O3. The normalized spacial score (nSPS) is 10.1. The molecule has 2 aromatic rings. The summed E-state index contributed by atoms with van der Waals surface area (Å²) in [6.07, 6.45) is 0. The van der Waals surface area contributed by atoms with E-state index in [2.05, 4.69) is 15.3 Å². The predicted octanol–water partition coefficient (Wildman–Crippen LogP) is 2.14. The Morgan fingerprint density at radius 3 is 2.05 bits per heavy atom. The van der Waals surface area contributed by atoms with Gasteiger partial charge >= 0.3 is 0 Å². The second-order valence-corrected chi connectivity index (χ2v) is 4.26. The van der Waals surface area contributed by atoms with Crippen molar-refractivity contribution < 1.29 is 14.2 Å². The first kappa shape index (κ1) is 14.7. The van der Waals surface area contributed by atoms with Crippen LogP contribution in [0.3, 0.4) is 0 Å². The summed E-state index contributed by atoms with van der Waals surface area (Å²) in [5.74, 6) is 3.22. The SMILES string of the molecule is COc1cc(Nc2cc(N)nc(C)n2)cc(OC)c1OC. The van der Waals surface area contributed by atoms with Gasteiger partial charge in [-0.3, -0.25) is 0 Å². The molecule has 0 atom stereocenters. The summed E-state index contributed by atoms with van der Waals surface area (Å²) in [6.45, 7) is 1.77. The van der Waals surface area contributed by atoms with Crippen LogP contribution in [0.5, 0.6) is 17.2 Å². The van der Waals surface area contributed by atoms with E-state index in [9.17, 15) is 0 Å². The molecular weight excluding hydrogens is 272 g/mol. The monoisotopic (exact) mass is 290 g/mol. The van der Waals surface area contributed by atoms with Crippen LogP contribution in [0.2, 0.25) is 0 Å². The van der Waals surface area contributed by atoms with Crippen LogP contribution in [0.25, 0.3) is 0 Å². The number of hydrogen-bond donors (Lipinski definition) is 2. The van der Waals surface area contributed by atoms with Crippen molar-refractivity contribution in [1.29, 1.82) is 0 Å². The molecule has 1 aromatic heterocycles. The van der Waals surface area contributed by atoms with Crippen LogP contribution < -0.4 is 25.3 Å². The summed E-state index contributed by atoms with van der Waals surface area (Å²) in [7, 11) is 4.68. The average Bonchev–Trinajstić information content (AvgIpc) is 2.45. The van der Waals surface area contributed by atoms with Gasteiger partial charge in [-0.2, -0.15) is 0 Å². The molecule has 7 nitrogen and oxygen atoms in total. The zero-order valence-corrected chi connectivity index (χ0v) is 12.4. The number of nitrogens with two attached hydrogens (primary N) is 1. The van der Waals surface area contributed by atoms with Gasteiger partial charge in [-0.25, -0.2) is 9.97 Å². The molecule has 0 saturated carbocycles. The Labute approximate surface area is 123 Å². The molecule has 0 radical (unpaired) electrons. The summed E-state index contributed by atoms with van der Waals surface area (Å²) in [5, 5.41) is 3.14. The third-order valence-electron chi connectivity index (χ3n) is 2.79. The van der Waals surface area contributed by atoms with E-state index >= 15 is 0 Å². The summed E-state index contributed by atoms with van der Waals surface area (Å²) in [4.78, 5) is 8.30. The van der Waals surface area contributed by atoms with E-state index in [1.54, 1.807) is 46.5 Å². The van der Waals surface area contributed by atoms with E-state index in [4.69, 9.17) is 19.9 Å². The number of nitrogens with zero attached hydrogens (tertiary/aromatic N) is 2. The van der Waals surface area contributed by atoms with E-state index in [1.165, 1.54) is 0 Å². The van der Waals surface area contributed by atoms with E-state index in [1.807, 2.05) is 0 Å². The van der Waals surface area contributed by atoms with E-state index < -0.39 is 0 Å². The standard InChI is InChI=1S/C14H18N4O3/c1-8-16-12(15)7-13(17-8)18-9-5-10(19-2)14(21-4)11(6-9)20-3/h5-7H,1-4H3,(H3,15,16,17,18). The Balaban J connectivity index is 2.40. The summed E-state index contributed by atoms with van der Waals surface area (Å²) >= 11 is 0. The maximum atomic E-state index is 5.71. The zero-order chi connectivity index (χ0) is 15.4. The summed E-state index contributed by atoms with van der Waals surface area (Å²) in [5.41, 5.74) is 6.45. The number of rotatable bonds is 5. The van der Waals surface area contributed by atoms with Gasteiger partial charge in [-0.1, -0.05) is 0 Å². The summed E-state index contributed by atoms with van der Waals surface area (Å²) in [6, 6.07) is 5.22. The molecule has 0 bridgehead atoms. The minimum absolute atomic E-state index is 0.400. The zero-order valence-electron chi connectivity index (χ0n) is 12.4. The molecule has 112 valence electrons. The number of benzene rings is 1. The first-order chi connectivity index (χ1) is 10.1. The number of aromatic nitrogens is 2. The third-order valence-corrected chi connectivity index (χ3v) is 2.79. The van der Waals surface area contributed by atoms with Crippen LogP contribution >= 0.6 is 0 Å². The lowest BCUT2D eigenvalue weighted by atomic mass is 10.2. The molecule has 0 spiro atoms. The van der Waals surface area contributed by atoms with Crippen molar-refractivity contribution >= 4 is 17.3 Å². The molecule has 7 heteroatoms. The summed E-state index contributed by atoms with van der Waals surface area (Å²) < 4.78 is 15.9. The highest BCUT2D eigenvalue weighted by molar-refractivity contribution is 5.67. The van der Waals surface area contributed by atoms with Gasteiger partial charge in [0, 0.05) is 23.9 Å². The molecule has 2 rings (SSSR count). The molecule has 0 aliphatic carbocycles. The van der Waals surface area contributed by atoms with Gasteiger partial charge in [-0.05, 0) is 6.92 Å². The first-order valence-corrected chi connectivity index (χ1v) is 6.25. The Kier molecular flexibility index (Phi) is 4.32.